The quantitative estimate of drug-likeness (QED) is 0.435. The van der Waals surface area contributed by atoms with Gasteiger partial charge in [-0.15, -0.1) is 11.3 Å². The summed E-state index contributed by atoms with van der Waals surface area (Å²) in [4.78, 5) is 19.6. The van der Waals surface area contributed by atoms with Crippen LogP contribution in [0.5, 0.6) is 5.75 Å². The Hall–Kier alpha value is -3.01. The van der Waals surface area contributed by atoms with E-state index in [2.05, 4.69) is 17.9 Å². The first kappa shape index (κ1) is 27.6. The number of benzene rings is 1. The number of ether oxygens (including phenoxy) is 2. The summed E-state index contributed by atoms with van der Waals surface area (Å²) in [5, 5.41) is 0.867. The number of hydrogen-bond acceptors (Lipinski definition) is 7. The minimum atomic E-state index is -3.76. The van der Waals surface area contributed by atoms with Crippen molar-refractivity contribution in [2.24, 2.45) is 5.92 Å². The first-order valence-corrected chi connectivity index (χ1v) is 15.6. The van der Waals surface area contributed by atoms with Crippen molar-refractivity contribution in [2.75, 3.05) is 13.2 Å². The van der Waals surface area contributed by atoms with E-state index in [0.29, 0.717) is 54.3 Å². The number of carbonyl (C=O) groups excluding carboxylic acids is 1. The fraction of sp³-hybridized carbons (Fsp3) is 0.400. The lowest BCUT2D eigenvalue weighted by Crippen LogP contribution is -2.33. The van der Waals surface area contributed by atoms with Gasteiger partial charge in [0.15, 0.2) is 0 Å². The minimum Gasteiger partial charge on any atom is -0.490 e. The molecule has 7 nitrogen and oxygen atoms in total. The third-order valence-corrected chi connectivity index (χ3v) is 10.8. The van der Waals surface area contributed by atoms with Gasteiger partial charge in [-0.05, 0) is 86.9 Å². The average Bonchev–Trinajstić information content (AvgIpc) is 3.74. The number of thiophene rings is 1. The van der Waals surface area contributed by atoms with E-state index in [4.69, 9.17) is 14.5 Å². The number of aromatic nitrogens is 1. The molecule has 1 saturated heterocycles. The summed E-state index contributed by atoms with van der Waals surface area (Å²) in [6.45, 7) is 15.3. The Morgan fingerprint density at radius 1 is 1.23 bits per heavy atom. The number of carbonyl (C=O) groups is 1. The third-order valence-electron chi connectivity index (χ3n) is 7.61. The Morgan fingerprint density at radius 3 is 2.62 bits per heavy atom. The zero-order chi connectivity index (χ0) is 27.9. The number of nitrogens with zero attached hydrogens (tertiary/aromatic N) is 1. The van der Waals surface area contributed by atoms with Crippen molar-refractivity contribution < 1.29 is 22.7 Å². The molecule has 206 valence electrons. The highest BCUT2D eigenvalue weighted by Crippen LogP contribution is 2.37. The van der Waals surface area contributed by atoms with Crippen LogP contribution >= 0.6 is 11.3 Å². The summed E-state index contributed by atoms with van der Waals surface area (Å²) in [5.74, 6) is 0.161. The normalized spacial score (nSPS) is 17.8. The maximum Gasteiger partial charge on any atom is 0.265 e. The predicted molar refractivity (Wildman–Crippen MR) is 157 cm³/mol. The molecule has 0 spiro atoms. The molecule has 0 radical (unpaired) electrons. The second-order valence-electron chi connectivity index (χ2n) is 10.4. The van der Waals surface area contributed by atoms with Crippen LogP contribution in [0.2, 0.25) is 0 Å². The lowest BCUT2D eigenvalue weighted by atomic mass is 9.94. The van der Waals surface area contributed by atoms with E-state index in [1.165, 1.54) is 11.3 Å². The van der Waals surface area contributed by atoms with Crippen molar-refractivity contribution >= 4 is 50.8 Å². The summed E-state index contributed by atoms with van der Waals surface area (Å²) in [5.41, 5.74) is 3.23. The number of sulfonamides is 1. The maximum absolute atomic E-state index is 13.7. The van der Waals surface area contributed by atoms with Gasteiger partial charge in [0, 0.05) is 17.7 Å². The van der Waals surface area contributed by atoms with E-state index >= 15 is 0 Å². The Balaban J connectivity index is 1.68. The molecule has 39 heavy (non-hydrogen) atoms. The number of aryl methyl sites for hydroxylation is 1. The maximum atomic E-state index is 13.7. The van der Waals surface area contributed by atoms with E-state index in [9.17, 15) is 13.2 Å². The van der Waals surface area contributed by atoms with Crippen molar-refractivity contribution in [3.8, 4) is 16.3 Å². The largest absolute Gasteiger partial charge is 0.490 e. The fourth-order valence-corrected chi connectivity index (χ4v) is 7.46. The highest BCUT2D eigenvalue weighted by Gasteiger charge is 2.37. The predicted octanol–water partition coefficient (Wildman–Crippen LogP) is 4.37. The average molecular weight is 567 g/mol. The van der Waals surface area contributed by atoms with Crippen LogP contribution in [-0.2, 0) is 14.8 Å². The van der Waals surface area contributed by atoms with Gasteiger partial charge in [-0.1, -0.05) is 25.3 Å². The van der Waals surface area contributed by atoms with Crippen LogP contribution in [0.15, 0.2) is 30.9 Å². The summed E-state index contributed by atoms with van der Waals surface area (Å²) in [7, 11) is -3.76. The first-order valence-electron chi connectivity index (χ1n) is 13.3. The summed E-state index contributed by atoms with van der Waals surface area (Å²) >= 11 is 1.52. The van der Waals surface area contributed by atoms with Crippen molar-refractivity contribution in [2.45, 2.75) is 57.8 Å². The number of amides is 1. The molecule has 2 aliphatic rings. The van der Waals surface area contributed by atoms with Crippen molar-refractivity contribution in [3.05, 3.63) is 57.3 Å². The van der Waals surface area contributed by atoms with E-state index in [0.717, 1.165) is 38.6 Å². The monoisotopic (exact) mass is 566 g/mol. The van der Waals surface area contributed by atoms with E-state index in [-0.39, 0.29) is 11.7 Å². The smallest absolute Gasteiger partial charge is 0.265 e. The fourth-order valence-electron chi connectivity index (χ4n) is 5.02. The van der Waals surface area contributed by atoms with Gasteiger partial charge >= 0.3 is 0 Å². The highest BCUT2D eigenvalue weighted by atomic mass is 32.2. The number of pyridine rings is 1. The van der Waals surface area contributed by atoms with Gasteiger partial charge in [0.05, 0.1) is 38.4 Å². The number of nitrogens with one attached hydrogen (secondary N) is 1. The lowest BCUT2D eigenvalue weighted by Gasteiger charge is -2.29. The molecule has 2 aromatic heterocycles. The number of allylic oxidation sites excluding steroid dienone is 1. The van der Waals surface area contributed by atoms with E-state index < -0.39 is 21.2 Å². The van der Waals surface area contributed by atoms with Crippen LogP contribution in [0.3, 0.4) is 0 Å². The van der Waals surface area contributed by atoms with Crippen LogP contribution in [0.25, 0.3) is 34.1 Å². The molecule has 1 saturated carbocycles. The Morgan fingerprint density at radius 2 is 1.95 bits per heavy atom. The van der Waals surface area contributed by atoms with Crippen LogP contribution in [0.1, 0.15) is 54.1 Å². The zero-order valence-electron chi connectivity index (χ0n) is 22.6. The van der Waals surface area contributed by atoms with Gasteiger partial charge in [0.25, 0.3) is 5.91 Å². The second kappa shape index (κ2) is 10.9. The Kier molecular flexibility index (Phi) is 7.68. The number of rotatable bonds is 8. The molecule has 1 N–H and O–H groups in total. The van der Waals surface area contributed by atoms with Crippen molar-refractivity contribution in [1.29, 1.82) is 0 Å². The SMILES string of the molecule is C=C/C=c1/sc(-c2cc(C(=O)NS(=O)(=O)C3CC3)c3c(O[C@H](C)C4CCOCC4)ccc(C)c3n2)c(C)c1=C. The first-order chi connectivity index (χ1) is 18.6. The van der Waals surface area contributed by atoms with Gasteiger partial charge < -0.3 is 9.47 Å². The second-order valence-corrected chi connectivity index (χ2v) is 13.4. The lowest BCUT2D eigenvalue weighted by molar-refractivity contribution is 0.0243. The summed E-state index contributed by atoms with van der Waals surface area (Å²) in [6.07, 6.45) is 6.41. The molecule has 0 bridgehead atoms. The molecule has 3 aromatic rings. The summed E-state index contributed by atoms with van der Waals surface area (Å²) < 4.78 is 40.8. The van der Waals surface area contributed by atoms with Gasteiger partial charge in [-0.3, -0.25) is 4.79 Å². The molecular weight excluding hydrogens is 532 g/mol. The number of hydrogen-bond donors (Lipinski definition) is 1. The molecule has 1 atom stereocenters. The zero-order valence-corrected chi connectivity index (χ0v) is 24.2. The van der Waals surface area contributed by atoms with Gasteiger partial charge in [0.2, 0.25) is 10.0 Å². The molecule has 5 rings (SSSR count). The molecular formula is C30H34N2O5S2. The molecule has 9 heteroatoms. The van der Waals surface area contributed by atoms with Gasteiger partial charge in [0.1, 0.15) is 5.75 Å². The molecule has 1 amide bonds. The Bertz CT molecular complexity index is 1670. The molecule has 3 heterocycles. The molecule has 0 unspecified atom stereocenters. The van der Waals surface area contributed by atoms with Crippen molar-refractivity contribution in [3.63, 3.8) is 0 Å². The molecule has 2 fully saturated rings. The Labute approximate surface area is 233 Å². The van der Waals surface area contributed by atoms with Crippen LogP contribution in [0.4, 0.5) is 0 Å². The van der Waals surface area contributed by atoms with Gasteiger partial charge in [-0.2, -0.15) is 0 Å². The van der Waals surface area contributed by atoms with E-state index in [1.807, 2.05) is 39.0 Å². The summed E-state index contributed by atoms with van der Waals surface area (Å²) in [6, 6.07) is 5.46. The molecule has 1 aliphatic heterocycles. The minimum absolute atomic E-state index is 0.115. The van der Waals surface area contributed by atoms with Crippen LogP contribution in [0, 0.1) is 19.8 Å². The standard InChI is InChI=1S/C30H34N2O5S2/c1-6-7-26-18(3)19(4)29(38-26)24-16-23(30(33)32-39(34,35)22-9-10-22)27-25(11-8-17(2)28(27)31-24)37-20(5)21-12-14-36-15-13-21/h6-8,11,16,20-22H,1,3,9-10,12-15H2,2,4-5H3,(H,32,33)/b26-7+/t20-/m1/s1. The third kappa shape index (κ3) is 5.53. The topological polar surface area (TPSA) is 94.6 Å². The number of fused-ring (bicyclic) bond motifs is 1. The van der Waals surface area contributed by atoms with E-state index in [1.54, 1.807) is 12.1 Å². The van der Waals surface area contributed by atoms with Crippen LogP contribution in [-0.4, -0.2) is 43.9 Å². The molecule has 1 aliphatic carbocycles. The van der Waals surface area contributed by atoms with Crippen LogP contribution < -0.4 is 19.2 Å². The highest BCUT2D eigenvalue weighted by molar-refractivity contribution is 7.91. The van der Waals surface area contributed by atoms with Gasteiger partial charge in [-0.25, -0.2) is 18.1 Å². The molecule has 1 aromatic carbocycles. The van der Waals surface area contributed by atoms with Crippen molar-refractivity contribution in [1.82, 2.24) is 9.71 Å².